The molecular formula is C16H12BrNO5S. The highest BCUT2D eigenvalue weighted by Gasteiger charge is 2.21. The number of fused-ring (bicyclic) bond motifs is 1. The molecule has 3 aromatic rings. The number of sulfonamides is 1. The van der Waals surface area contributed by atoms with Crippen LogP contribution in [0.2, 0.25) is 0 Å². The number of nitrogens with one attached hydrogen (secondary N) is 1. The van der Waals surface area contributed by atoms with Gasteiger partial charge in [-0.25, -0.2) is 13.2 Å². The molecule has 0 spiro atoms. The zero-order chi connectivity index (χ0) is 17.3. The van der Waals surface area contributed by atoms with Gasteiger partial charge in [0, 0.05) is 11.1 Å². The number of hydrogen-bond donors (Lipinski definition) is 1. The minimum Gasteiger partial charge on any atom is -0.497 e. The average Bonchev–Trinajstić information content (AvgIpc) is 2.55. The highest BCUT2D eigenvalue weighted by molar-refractivity contribution is 9.10. The Balaban J connectivity index is 2.04. The van der Waals surface area contributed by atoms with Gasteiger partial charge in [-0.1, -0.05) is 12.1 Å². The molecule has 0 atom stereocenters. The van der Waals surface area contributed by atoms with E-state index in [0.717, 1.165) is 0 Å². The zero-order valence-electron chi connectivity index (χ0n) is 12.4. The smallest absolute Gasteiger partial charge is 0.357 e. The molecule has 0 saturated carbocycles. The van der Waals surface area contributed by atoms with Crippen LogP contribution < -0.4 is 15.1 Å². The summed E-state index contributed by atoms with van der Waals surface area (Å²) in [5.41, 5.74) is -0.328. The summed E-state index contributed by atoms with van der Waals surface area (Å²) in [6.45, 7) is 0. The third kappa shape index (κ3) is 3.15. The number of anilines is 1. The summed E-state index contributed by atoms with van der Waals surface area (Å²) in [4.78, 5) is 11.6. The van der Waals surface area contributed by atoms with Crippen molar-refractivity contribution < 1.29 is 17.6 Å². The van der Waals surface area contributed by atoms with E-state index >= 15 is 0 Å². The SMILES string of the molecule is COc1ccc(NS(=O)(=O)c2cc3cccc(Br)c3oc2=O)cc1. The van der Waals surface area contributed by atoms with Gasteiger partial charge in [-0.15, -0.1) is 0 Å². The Hall–Kier alpha value is -2.32. The van der Waals surface area contributed by atoms with Crippen molar-refractivity contribution in [3.05, 3.63) is 63.4 Å². The van der Waals surface area contributed by atoms with Crippen LogP contribution in [0, 0.1) is 0 Å². The Kier molecular flexibility index (Phi) is 4.33. The first-order valence-corrected chi connectivity index (χ1v) is 9.07. The Bertz CT molecular complexity index is 1060. The molecule has 0 aliphatic carbocycles. The molecule has 0 saturated heterocycles. The predicted molar refractivity (Wildman–Crippen MR) is 94.0 cm³/mol. The molecular weight excluding hydrogens is 398 g/mol. The van der Waals surface area contributed by atoms with E-state index in [0.29, 0.717) is 26.9 Å². The van der Waals surface area contributed by atoms with Crippen molar-refractivity contribution in [2.24, 2.45) is 0 Å². The number of halogens is 1. The topological polar surface area (TPSA) is 85.6 Å². The second kappa shape index (κ2) is 6.29. The maximum Gasteiger partial charge on any atom is 0.357 e. The molecule has 8 heteroatoms. The lowest BCUT2D eigenvalue weighted by Gasteiger charge is -2.08. The second-order valence-electron chi connectivity index (χ2n) is 4.89. The lowest BCUT2D eigenvalue weighted by atomic mass is 10.2. The molecule has 1 N–H and O–H groups in total. The quantitative estimate of drug-likeness (QED) is 0.667. The largest absolute Gasteiger partial charge is 0.497 e. The number of methoxy groups -OCH3 is 1. The summed E-state index contributed by atoms with van der Waals surface area (Å²) >= 11 is 3.26. The minimum atomic E-state index is -4.08. The van der Waals surface area contributed by atoms with Crippen molar-refractivity contribution in [3.63, 3.8) is 0 Å². The van der Waals surface area contributed by atoms with Crippen molar-refractivity contribution >= 4 is 42.6 Å². The number of para-hydroxylation sites is 1. The highest BCUT2D eigenvalue weighted by Crippen LogP contribution is 2.25. The summed E-state index contributed by atoms with van der Waals surface area (Å²) in [6.07, 6.45) is 0. The average molecular weight is 410 g/mol. The molecule has 3 rings (SSSR count). The molecule has 0 fully saturated rings. The molecule has 1 aromatic heterocycles. The van der Waals surface area contributed by atoms with E-state index in [4.69, 9.17) is 9.15 Å². The van der Waals surface area contributed by atoms with Crippen LogP contribution in [-0.2, 0) is 10.0 Å². The first-order chi connectivity index (χ1) is 11.4. The molecule has 2 aromatic carbocycles. The molecule has 0 aliphatic heterocycles. The monoisotopic (exact) mass is 409 g/mol. The summed E-state index contributed by atoms with van der Waals surface area (Å²) in [5, 5.41) is 0.499. The summed E-state index contributed by atoms with van der Waals surface area (Å²) in [6, 6.07) is 12.7. The Morgan fingerprint density at radius 3 is 2.50 bits per heavy atom. The maximum absolute atomic E-state index is 12.5. The van der Waals surface area contributed by atoms with Gasteiger partial charge in [-0.3, -0.25) is 4.72 Å². The number of ether oxygens (including phenoxy) is 1. The van der Waals surface area contributed by atoms with Gasteiger partial charge in [0.05, 0.1) is 11.6 Å². The molecule has 1 heterocycles. The van der Waals surface area contributed by atoms with Crippen LogP contribution in [0.5, 0.6) is 5.75 Å². The normalized spacial score (nSPS) is 11.4. The van der Waals surface area contributed by atoms with E-state index in [1.54, 1.807) is 30.3 Å². The predicted octanol–water partition coefficient (Wildman–Crippen LogP) is 3.36. The zero-order valence-corrected chi connectivity index (χ0v) is 14.8. The minimum absolute atomic E-state index is 0.297. The van der Waals surface area contributed by atoms with Gasteiger partial charge in [0.25, 0.3) is 10.0 Å². The fourth-order valence-electron chi connectivity index (χ4n) is 2.15. The Morgan fingerprint density at radius 2 is 1.83 bits per heavy atom. The molecule has 6 nitrogen and oxygen atoms in total. The van der Waals surface area contributed by atoms with E-state index in [1.807, 2.05) is 0 Å². The van der Waals surface area contributed by atoms with Crippen molar-refractivity contribution in [2.75, 3.05) is 11.8 Å². The molecule has 0 aliphatic rings. The Morgan fingerprint density at radius 1 is 1.12 bits per heavy atom. The van der Waals surface area contributed by atoms with Crippen LogP contribution in [0.4, 0.5) is 5.69 Å². The molecule has 0 amide bonds. The van der Waals surface area contributed by atoms with Crippen LogP contribution >= 0.6 is 15.9 Å². The van der Waals surface area contributed by atoms with Gasteiger partial charge >= 0.3 is 5.63 Å². The molecule has 0 radical (unpaired) electrons. The lowest BCUT2D eigenvalue weighted by Crippen LogP contribution is -2.20. The van der Waals surface area contributed by atoms with Gasteiger partial charge in [0.1, 0.15) is 5.75 Å². The number of rotatable bonds is 4. The van der Waals surface area contributed by atoms with Crippen LogP contribution in [-0.4, -0.2) is 15.5 Å². The fourth-order valence-corrected chi connectivity index (χ4v) is 3.71. The molecule has 24 heavy (non-hydrogen) atoms. The summed E-state index contributed by atoms with van der Waals surface area (Å²) in [5.74, 6) is 0.591. The molecule has 124 valence electrons. The van der Waals surface area contributed by atoms with E-state index in [2.05, 4.69) is 20.7 Å². The van der Waals surface area contributed by atoms with Crippen LogP contribution in [0.1, 0.15) is 0 Å². The van der Waals surface area contributed by atoms with E-state index in [9.17, 15) is 13.2 Å². The van der Waals surface area contributed by atoms with Gasteiger partial charge < -0.3 is 9.15 Å². The molecule has 0 bridgehead atoms. The summed E-state index contributed by atoms with van der Waals surface area (Å²) < 4.78 is 38.1. The maximum atomic E-state index is 12.5. The second-order valence-corrected chi connectivity index (χ2v) is 7.40. The standard InChI is InChI=1S/C16H12BrNO5S/c1-22-12-7-5-11(6-8-12)18-24(20,21)14-9-10-3-2-4-13(17)15(10)23-16(14)19/h2-9,18H,1H3. The Labute approximate surface area is 146 Å². The number of benzene rings is 2. The van der Waals surface area contributed by atoms with Gasteiger partial charge in [0.15, 0.2) is 10.5 Å². The van der Waals surface area contributed by atoms with E-state index in [-0.39, 0.29) is 0 Å². The van der Waals surface area contributed by atoms with Gasteiger partial charge in [-0.2, -0.15) is 0 Å². The lowest BCUT2D eigenvalue weighted by molar-refractivity contribution is 0.415. The van der Waals surface area contributed by atoms with E-state index < -0.39 is 20.5 Å². The first-order valence-electron chi connectivity index (χ1n) is 6.80. The first kappa shape index (κ1) is 16.5. The highest BCUT2D eigenvalue weighted by atomic mass is 79.9. The van der Waals surface area contributed by atoms with Crippen molar-refractivity contribution in [1.29, 1.82) is 0 Å². The summed E-state index contributed by atoms with van der Waals surface area (Å²) in [7, 11) is -2.57. The van der Waals surface area contributed by atoms with E-state index in [1.165, 1.54) is 25.3 Å². The van der Waals surface area contributed by atoms with Crippen molar-refractivity contribution in [1.82, 2.24) is 0 Å². The third-order valence-electron chi connectivity index (χ3n) is 3.31. The number of hydrogen-bond acceptors (Lipinski definition) is 5. The van der Waals surface area contributed by atoms with Crippen LogP contribution in [0.15, 0.2) is 67.1 Å². The van der Waals surface area contributed by atoms with Gasteiger partial charge in [0.2, 0.25) is 0 Å². The van der Waals surface area contributed by atoms with Crippen LogP contribution in [0.25, 0.3) is 11.0 Å². The van der Waals surface area contributed by atoms with Crippen molar-refractivity contribution in [2.45, 2.75) is 4.90 Å². The molecule has 0 unspecified atom stereocenters. The third-order valence-corrected chi connectivity index (χ3v) is 5.30. The fraction of sp³-hybridized carbons (Fsp3) is 0.0625. The van der Waals surface area contributed by atoms with Crippen molar-refractivity contribution in [3.8, 4) is 5.75 Å². The van der Waals surface area contributed by atoms with Crippen LogP contribution in [0.3, 0.4) is 0 Å². The van der Waals surface area contributed by atoms with Gasteiger partial charge in [-0.05, 0) is 52.3 Å².